The van der Waals surface area contributed by atoms with Crippen molar-refractivity contribution in [2.45, 2.75) is 6.42 Å². The summed E-state index contributed by atoms with van der Waals surface area (Å²) in [5.74, 6) is -2.11. The largest absolute Gasteiger partial charge is 0.399 e. The van der Waals surface area contributed by atoms with Gasteiger partial charge in [-0.05, 0) is 12.1 Å². The number of benzene rings is 1. The molecule has 0 aliphatic rings. The average molecular weight is 212 g/mol. The fraction of sp³-hybridized carbons (Fsp3) is 0.100. The smallest absolute Gasteiger partial charge is 0.221 e. The summed E-state index contributed by atoms with van der Waals surface area (Å²) in [5, 5.41) is 0. The van der Waals surface area contributed by atoms with Crippen LogP contribution in [0.15, 0.2) is 18.2 Å². The molecule has 1 aromatic carbocycles. The molecule has 1 aromatic rings. The van der Waals surface area contributed by atoms with Crippen LogP contribution in [-0.4, -0.2) is 5.91 Å². The van der Waals surface area contributed by atoms with Crippen molar-refractivity contribution in [3.8, 4) is 0 Å². The number of hydrogen-bond donors (Lipinski definition) is 2. The van der Waals surface area contributed by atoms with Gasteiger partial charge in [0.05, 0.1) is 0 Å². The summed E-state index contributed by atoms with van der Waals surface area (Å²) >= 11 is 0. The number of carbonyl (C=O) groups excluding carboxylic acids is 1. The van der Waals surface area contributed by atoms with E-state index in [-0.39, 0.29) is 17.7 Å². The second kappa shape index (κ2) is 4.54. The van der Waals surface area contributed by atoms with Crippen molar-refractivity contribution in [3.63, 3.8) is 0 Å². The van der Waals surface area contributed by atoms with Gasteiger partial charge in [0.1, 0.15) is 11.6 Å². The van der Waals surface area contributed by atoms with E-state index < -0.39 is 17.5 Å². The van der Waals surface area contributed by atoms with Crippen LogP contribution < -0.4 is 11.5 Å². The van der Waals surface area contributed by atoms with Gasteiger partial charge in [0.2, 0.25) is 5.91 Å². The van der Waals surface area contributed by atoms with Gasteiger partial charge in [0.25, 0.3) is 0 Å². The maximum Gasteiger partial charge on any atom is 0.221 e. The van der Waals surface area contributed by atoms with Crippen LogP contribution in [0.3, 0.4) is 0 Å². The Bertz CT molecular complexity index is 393. The van der Waals surface area contributed by atoms with Gasteiger partial charge in [0.15, 0.2) is 0 Å². The molecule has 4 N–H and O–H groups in total. The molecule has 0 radical (unpaired) electrons. The highest BCUT2D eigenvalue weighted by Gasteiger charge is 2.06. The summed E-state index contributed by atoms with van der Waals surface area (Å²) in [7, 11) is 0. The highest BCUT2D eigenvalue weighted by molar-refractivity contribution is 5.76. The zero-order chi connectivity index (χ0) is 11.4. The van der Waals surface area contributed by atoms with E-state index in [2.05, 4.69) is 0 Å². The van der Waals surface area contributed by atoms with Crippen LogP contribution in [0, 0.1) is 11.6 Å². The molecule has 0 unspecified atom stereocenters. The molecule has 3 nitrogen and oxygen atoms in total. The maximum atomic E-state index is 13.1. The number of rotatable bonds is 3. The van der Waals surface area contributed by atoms with Crippen LogP contribution in [0.25, 0.3) is 6.08 Å². The maximum absolute atomic E-state index is 13.1. The fourth-order valence-electron chi connectivity index (χ4n) is 1.06. The molecule has 0 saturated heterocycles. The first-order valence-corrected chi connectivity index (χ1v) is 4.20. The standard InChI is InChI=1S/C10H10F2N2O/c11-8-4-6(13)5-9(12)7(8)2-1-3-10(14)15/h1-2,4-5H,3,13H2,(H2,14,15). The van der Waals surface area contributed by atoms with Gasteiger partial charge < -0.3 is 11.5 Å². The summed E-state index contributed by atoms with van der Waals surface area (Å²) in [6.45, 7) is 0. The van der Waals surface area contributed by atoms with Gasteiger partial charge in [-0.15, -0.1) is 0 Å². The van der Waals surface area contributed by atoms with E-state index in [1.54, 1.807) is 0 Å². The number of primary amides is 1. The zero-order valence-electron chi connectivity index (χ0n) is 7.84. The van der Waals surface area contributed by atoms with Crippen molar-refractivity contribution >= 4 is 17.7 Å². The molecule has 1 rings (SSSR count). The number of carbonyl (C=O) groups is 1. The van der Waals surface area contributed by atoms with E-state index in [4.69, 9.17) is 11.5 Å². The first-order valence-electron chi connectivity index (χ1n) is 4.20. The van der Waals surface area contributed by atoms with Crippen molar-refractivity contribution in [3.05, 3.63) is 35.4 Å². The highest BCUT2D eigenvalue weighted by Crippen LogP contribution is 2.18. The Morgan fingerprint density at radius 1 is 1.33 bits per heavy atom. The Kier molecular flexibility index (Phi) is 3.38. The van der Waals surface area contributed by atoms with E-state index in [9.17, 15) is 13.6 Å². The van der Waals surface area contributed by atoms with Gasteiger partial charge in [-0.2, -0.15) is 0 Å². The lowest BCUT2D eigenvalue weighted by atomic mass is 10.1. The topological polar surface area (TPSA) is 69.1 Å². The summed E-state index contributed by atoms with van der Waals surface area (Å²) in [4.78, 5) is 10.4. The third-order valence-corrected chi connectivity index (χ3v) is 1.70. The summed E-state index contributed by atoms with van der Waals surface area (Å²) < 4.78 is 26.3. The second-order valence-corrected chi connectivity index (χ2v) is 2.97. The predicted octanol–water partition coefficient (Wildman–Crippen LogP) is 1.44. The Morgan fingerprint density at radius 2 is 1.87 bits per heavy atom. The Morgan fingerprint density at radius 3 is 2.33 bits per heavy atom. The van der Waals surface area contributed by atoms with Gasteiger partial charge in [-0.3, -0.25) is 4.79 Å². The lowest BCUT2D eigenvalue weighted by Crippen LogP contribution is -2.08. The third kappa shape index (κ3) is 3.05. The molecule has 0 saturated carbocycles. The van der Waals surface area contributed by atoms with Crippen LogP contribution >= 0.6 is 0 Å². The number of hydrogen-bond acceptors (Lipinski definition) is 2. The molecule has 0 spiro atoms. The lowest BCUT2D eigenvalue weighted by Gasteiger charge is -2.00. The minimum atomic E-state index is -0.770. The number of halogens is 2. The summed E-state index contributed by atoms with van der Waals surface area (Å²) in [6, 6.07) is 2.01. The summed E-state index contributed by atoms with van der Waals surface area (Å²) in [5.41, 5.74) is 9.87. The first-order chi connectivity index (χ1) is 7.00. The highest BCUT2D eigenvalue weighted by atomic mass is 19.1. The normalized spacial score (nSPS) is 10.8. The second-order valence-electron chi connectivity index (χ2n) is 2.97. The molecule has 0 aromatic heterocycles. The van der Waals surface area contributed by atoms with Crippen molar-refractivity contribution in [2.24, 2.45) is 5.73 Å². The zero-order valence-corrected chi connectivity index (χ0v) is 7.84. The van der Waals surface area contributed by atoms with Crippen molar-refractivity contribution in [1.82, 2.24) is 0 Å². The van der Waals surface area contributed by atoms with E-state index in [0.29, 0.717) is 0 Å². The molecule has 0 aliphatic carbocycles. The van der Waals surface area contributed by atoms with Gasteiger partial charge in [-0.1, -0.05) is 12.2 Å². The minimum Gasteiger partial charge on any atom is -0.399 e. The van der Waals surface area contributed by atoms with E-state index >= 15 is 0 Å². The van der Waals surface area contributed by atoms with Crippen molar-refractivity contribution in [1.29, 1.82) is 0 Å². The van der Waals surface area contributed by atoms with Crippen LogP contribution in [-0.2, 0) is 4.79 Å². The molecule has 0 atom stereocenters. The Hall–Kier alpha value is -1.91. The van der Waals surface area contributed by atoms with E-state index in [0.717, 1.165) is 18.2 Å². The fourth-order valence-corrected chi connectivity index (χ4v) is 1.06. The number of nitrogens with two attached hydrogens (primary N) is 2. The van der Waals surface area contributed by atoms with Crippen LogP contribution in [0.2, 0.25) is 0 Å². The van der Waals surface area contributed by atoms with Crippen molar-refractivity contribution in [2.75, 3.05) is 5.73 Å². The van der Waals surface area contributed by atoms with Gasteiger partial charge in [0, 0.05) is 17.7 Å². The van der Waals surface area contributed by atoms with E-state index in [1.165, 1.54) is 6.08 Å². The number of nitrogen functional groups attached to an aromatic ring is 1. The van der Waals surface area contributed by atoms with Crippen molar-refractivity contribution < 1.29 is 13.6 Å². The quantitative estimate of drug-likeness (QED) is 0.744. The van der Waals surface area contributed by atoms with Gasteiger partial charge in [-0.25, -0.2) is 8.78 Å². The molecule has 1 amide bonds. The molecule has 0 bridgehead atoms. The third-order valence-electron chi connectivity index (χ3n) is 1.70. The summed E-state index contributed by atoms with van der Waals surface area (Å²) in [6.07, 6.45) is 2.39. The van der Waals surface area contributed by atoms with E-state index in [1.807, 2.05) is 0 Å². The van der Waals surface area contributed by atoms with Crippen LogP contribution in [0.4, 0.5) is 14.5 Å². The molecule has 0 heterocycles. The number of amides is 1. The van der Waals surface area contributed by atoms with Gasteiger partial charge >= 0.3 is 0 Å². The molecule has 80 valence electrons. The molecule has 0 fully saturated rings. The monoisotopic (exact) mass is 212 g/mol. The lowest BCUT2D eigenvalue weighted by molar-refractivity contribution is -0.117. The number of anilines is 1. The van der Waals surface area contributed by atoms with Crippen LogP contribution in [0.5, 0.6) is 0 Å². The molecule has 5 heteroatoms. The molecule has 15 heavy (non-hydrogen) atoms. The molecule has 0 aliphatic heterocycles. The Balaban J connectivity index is 2.94. The van der Waals surface area contributed by atoms with Crippen LogP contribution in [0.1, 0.15) is 12.0 Å². The molecular weight excluding hydrogens is 202 g/mol. The average Bonchev–Trinajstić information content (AvgIpc) is 2.08. The minimum absolute atomic E-state index is 0.0112. The molecular formula is C10H10F2N2O. The first kappa shape index (κ1) is 11.2. The Labute approximate surface area is 85.4 Å². The SMILES string of the molecule is NC(=O)CC=Cc1c(F)cc(N)cc1F. The predicted molar refractivity (Wildman–Crippen MR) is 53.6 cm³/mol.